The minimum absolute atomic E-state index is 0.173. The van der Waals surface area contributed by atoms with E-state index in [2.05, 4.69) is 10.3 Å². The number of aromatic amines is 1. The van der Waals surface area contributed by atoms with Crippen LogP contribution in [0.4, 0.5) is 0 Å². The first-order valence-electron chi connectivity index (χ1n) is 7.18. The van der Waals surface area contributed by atoms with Gasteiger partial charge in [0.05, 0.1) is 12.7 Å². The highest BCUT2D eigenvalue weighted by molar-refractivity contribution is 5.97. The number of aliphatic hydroxyl groups excluding tert-OH is 1. The quantitative estimate of drug-likeness (QED) is 0.729. The van der Waals surface area contributed by atoms with Crippen molar-refractivity contribution in [3.05, 3.63) is 36.0 Å². The van der Waals surface area contributed by atoms with E-state index in [1.807, 2.05) is 38.1 Å². The molecule has 2 rings (SSSR count). The molecule has 3 N–H and O–H groups in total. The molecule has 1 heterocycles. The molecule has 1 unspecified atom stereocenters. The summed E-state index contributed by atoms with van der Waals surface area (Å²) in [5.41, 5.74) is 1.41. The minimum atomic E-state index is -0.697. The Labute approximate surface area is 124 Å². The smallest absolute Gasteiger partial charge is 0.267 e. The van der Waals surface area contributed by atoms with Crippen molar-refractivity contribution in [2.45, 2.75) is 20.0 Å². The first-order valence-corrected chi connectivity index (χ1v) is 7.18. The number of carbonyl (C=O) groups is 1. The molecule has 1 aromatic carbocycles. The van der Waals surface area contributed by atoms with E-state index in [-0.39, 0.29) is 19.1 Å². The predicted octanol–water partition coefficient (Wildman–Crippen LogP) is 1.93. The lowest BCUT2D eigenvalue weighted by Gasteiger charge is -2.13. The molecule has 0 radical (unpaired) electrons. The van der Waals surface area contributed by atoms with Gasteiger partial charge in [0.15, 0.2) is 0 Å². The number of para-hydroxylation sites is 1. The van der Waals surface area contributed by atoms with E-state index >= 15 is 0 Å². The molecule has 1 amide bonds. The number of benzene rings is 1. The molecule has 1 aromatic heterocycles. The summed E-state index contributed by atoms with van der Waals surface area (Å²) in [6, 6.07) is 9.49. The molecule has 0 bridgehead atoms. The van der Waals surface area contributed by atoms with E-state index in [1.165, 1.54) is 0 Å². The number of ether oxygens (including phenoxy) is 1. The van der Waals surface area contributed by atoms with Crippen molar-refractivity contribution in [3.8, 4) is 0 Å². The second kappa shape index (κ2) is 7.24. The van der Waals surface area contributed by atoms with Gasteiger partial charge in [-0.25, -0.2) is 0 Å². The third-order valence-electron chi connectivity index (χ3n) is 3.03. The van der Waals surface area contributed by atoms with Gasteiger partial charge in [-0.2, -0.15) is 0 Å². The third-order valence-corrected chi connectivity index (χ3v) is 3.03. The topological polar surface area (TPSA) is 74.3 Å². The predicted molar refractivity (Wildman–Crippen MR) is 82.3 cm³/mol. The summed E-state index contributed by atoms with van der Waals surface area (Å²) in [6.45, 7) is 5.10. The Bertz CT molecular complexity index is 559. The van der Waals surface area contributed by atoms with Gasteiger partial charge in [-0.05, 0) is 18.1 Å². The lowest BCUT2D eigenvalue weighted by atomic mass is 10.2. The third kappa shape index (κ3) is 4.58. The van der Waals surface area contributed by atoms with Crippen molar-refractivity contribution >= 4 is 16.8 Å². The zero-order chi connectivity index (χ0) is 15.2. The molecular formula is C16H22N2O3. The first kappa shape index (κ1) is 15.5. The molecule has 114 valence electrons. The number of rotatable bonds is 7. The number of H-pyrrole nitrogens is 1. The molecule has 0 aliphatic rings. The van der Waals surface area contributed by atoms with Crippen LogP contribution in [0.25, 0.3) is 10.9 Å². The number of hydrogen-bond acceptors (Lipinski definition) is 3. The van der Waals surface area contributed by atoms with Gasteiger partial charge in [-0.15, -0.1) is 0 Å². The fourth-order valence-electron chi connectivity index (χ4n) is 2.00. The maximum Gasteiger partial charge on any atom is 0.267 e. The lowest BCUT2D eigenvalue weighted by Crippen LogP contribution is -2.35. The van der Waals surface area contributed by atoms with Crippen molar-refractivity contribution in [1.29, 1.82) is 0 Å². The molecule has 2 aromatic rings. The van der Waals surface area contributed by atoms with Crippen molar-refractivity contribution in [2.24, 2.45) is 5.92 Å². The van der Waals surface area contributed by atoms with E-state index in [1.54, 1.807) is 6.07 Å². The van der Waals surface area contributed by atoms with Gasteiger partial charge in [-0.1, -0.05) is 32.0 Å². The number of aliphatic hydroxyl groups is 1. The fraction of sp³-hybridized carbons (Fsp3) is 0.438. The zero-order valence-corrected chi connectivity index (χ0v) is 12.4. The van der Waals surface area contributed by atoms with Crippen LogP contribution in [-0.2, 0) is 4.74 Å². The second-order valence-electron chi connectivity index (χ2n) is 5.57. The Kier molecular flexibility index (Phi) is 5.36. The van der Waals surface area contributed by atoms with Crippen molar-refractivity contribution in [1.82, 2.24) is 10.3 Å². The monoisotopic (exact) mass is 290 g/mol. The average molecular weight is 290 g/mol. The highest BCUT2D eigenvalue weighted by atomic mass is 16.5. The molecule has 1 atom stereocenters. The van der Waals surface area contributed by atoms with Gasteiger partial charge in [0.1, 0.15) is 5.69 Å². The summed E-state index contributed by atoms with van der Waals surface area (Å²) >= 11 is 0. The summed E-state index contributed by atoms with van der Waals surface area (Å²) < 4.78 is 5.33. The van der Waals surface area contributed by atoms with Crippen LogP contribution in [0.5, 0.6) is 0 Å². The van der Waals surface area contributed by atoms with Crippen molar-refractivity contribution < 1.29 is 14.6 Å². The van der Waals surface area contributed by atoms with Gasteiger partial charge in [0.25, 0.3) is 5.91 Å². The van der Waals surface area contributed by atoms with Crippen LogP contribution < -0.4 is 5.32 Å². The fourth-order valence-corrected chi connectivity index (χ4v) is 2.00. The van der Waals surface area contributed by atoms with E-state index < -0.39 is 6.10 Å². The van der Waals surface area contributed by atoms with Crippen LogP contribution in [0.15, 0.2) is 30.3 Å². The molecule has 0 aliphatic heterocycles. The number of fused-ring (bicyclic) bond motifs is 1. The minimum Gasteiger partial charge on any atom is -0.389 e. The van der Waals surface area contributed by atoms with Crippen LogP contribution in [0, 0.1) is 5.92 Å². The van der Waals surface area contributed by atoms with E-state index in [4.69, 9.17) is 4.74 Å². The normalized spacial score (nSPS) is 12.8. The number of nitrogens with one attached hydrogen (secondary N) is 2. The molecule has 5 heteroatoms. The number of hydrogen-bond donors (Lipinski definition) is 3. The highest BCUT2D eigenvalue weighted by Crippen LogP contribution is 2.14. The first-order chi connectivity index (χ1) is 10.1. The summed E-state index contributed by atoms with van der Waals surface area (Å²) in [5, 5.41) is 13.4. The van der Waals surface area contributed by atoms with Crippen LogP contribution in [-0.4, -0.2) is 41.9 Å². The highest BCUT2D eigenvalue weighted by Gasteiger charge is 2.11. The van der Waals surface area contributed by atoms with Gasteiger partial charge in [-0.3, -0.25) is 4.79 Å². The Morgan fingerprint density at radius 1 is 1.33 bits per heavy atom. The Morgan fingerprint density at radius 2 is 2.10 bits per heavy atom. The second-order valence-corrected chi connectivity index (χ2v) is 5.57. The Morgan fingerprint density at radius 3 is 2.81 bits per heavy atom. The molecule has 21 heavy (non-hydrogen) atoms. The van der Waals surface area contributed by atoms with Crippen molar-refractivity contribution in [3.63, 3.8) is 0 Å². The molecule has 0 saturated heterocycles. The molecule has 0 aliphatic carbocycles. The van der Waals surface area contributed by atoms with E-state index in [9.17, 15) is 9.90 Å². The maximum absolute atomic E-state index is 12.0. The van der Waals surface area contributed by atoms with Crippen LogP contribution in [0.3, 0.4) is 0 Å². The molecule has 0 saturated carbocycles. The summed E-state index contributed by atoms with van der Waals surface area (Å²) in [5.74, 6) is 0.201. The number of carbonyl (C=O) groups excluding carboxylic acids is 1. The number of amides is 1. The summed E-state index contributed by atoms with van der Waals surface area (Å²) in [6.07, 6.45) is -0.697. The SMILES string of the molecule is CC(C)COCC(O)CNC(=O)c1cc2ccccc2[nH]1. The van der Waals surface area contributed by atoms with Gasteiger partial charge in [0, 0.05) is 24.1 Å². The van der Waals surface area contributed by atoms with E-state index in [0.717, 1.165) is 10.9 Å². The molecular weight excluding hydrogens is 268 g/mol. The van der Waals surface area contributed by atoms with Crippen molar-refractivity contribution in [2.75, 3.05) is 19.8 Å². The van der Waals surface area contributed by atoms with Gasteiger partial charge >= 0.3 is 0 Å². The summed E-state index contributed by atoms with van der Waals surface area (Å²) in [7, 11) is 0. The maximum atomic E-state index is 12.0. The largest absolute Gasteiger partial charge is 0.389 e. The Balaban J connectivity index is 1.81. The van der Waals surface area contributed by atoms with Crippen LogP contribution in [0.1, 0.15) is 24.3 Å². The van der Waals surface area contributed by atoms with Crippen LogP contribution in [0.2, 0.25) is 0 Å². The zero-order valence-electron chi connectivity index (χ0n) is 12.4. The van der Waals surface area contributed by atoms with Crippen LogP contribution >= 0.6 is 0 Å². The van der Waals surface area contributed by atoms with E-state index in [0.29, 0.717) is 18.2 Å². The van der Waals surface area contributed by atoms with Gasteiger partial charge < -0.3 is 20.1 Å². The van der Waals surface area contributed by atoms with Gasteiger partial charge in [0.2, 0.25) is 0 Å². The lowest BCUT2D eigenvalue weighted by molar-refractivity contribution is 0.0259. The molecule has 5 nitrogen and oxygen atoms in total. The average Bonchev–Trinajstić information content (AvgIpc) is 2.88. The molecule has 0 fully saturated rings. The standard InChI is InChI=1S/C16H22N2O3/c1-11(2)9-21-10-13(19)8-17-16(20)15-7-12-5-3-4-6-14(12)18-15/h3-7,11,13,18-19H,8-10H2,1-2H3,(H,17,20). The Hall–Kier alpha value is -1.85. The number of aromatic nitrogens is 1. The summed E-state index contributed by atoms with van der Waals surface area (Å²) in [4.78, 5) is 15.1. The molecule has 0 spiro atoms.